The van der Waals surface area contributed by atoms with Crippen molar-refractivity contribution in [3.05, 3.63) is 35.5 Å². The maximum atomic E-state index is 11.4. The number of rotatable bonds is 3. The van der Waals surface area contributed by atoms with Crippen LogP contribution in [0.25, 0.3) is 11.3 Å². The van der Waals surface area contributed by atoms with Gasteiger partial charge in [0.15, 0.2) is 5.69 Å². The highest BCUT2D eigenvalue weighted by Gasteiger charge is 2.22. The molecule has 1 heterocycles. The number of carboxylic acids is 1. The molecule has 1 aromatic heterocycles. The average Bonchev–Trinajstić information content (AvgIpc) is 2.73. The summed E-state index contributed by atoms with van der Waals surface area (Å²) in [5.41, 5.74) is 1.38. The highest BCUT2D eigenvalue weighted by molar-refractivity contribution is 7.90. The zero-order valence-corrected chi connectivity index (χ0v) is 11.2. The van der Waals surface area contributed by atoms with Crippen LogP contribution < -0.4 is 0 Å². The van der Waals surface area contributed by atoms with Gasteiger partial charge in [0.25, 0.3) is 0 Å². The third-order valence-corrected chi connectivity index (χ3v) is 3.43. The van der Waals surface area contributed by atoms with Crippen LogP contribution in [0.1, 0.15) is 16.1 Å². The number of aromatic amines is 1. The van der Waals surface area contributed by atoms with Gasteiger partial charge in [0, 0.05) is 11.8 Å². The van der Waals surface area contributed by atoms with Crippen molar-refractivity contribution in [1.29, 1.82) is 0 Å². The quantitative estimate of drug-likeness (QED) is 0.887. The van der Waals surface area contributed by atoms with Gasteiger partial charge in [-0.15, -0.1) is 0 Å². The molecule has 100 valence electrons. The summed E-state index contributed by atoms with van der Waals surface area (Å²) in [6, 6.07) is 7.04. The highest BCUT2D eigenvalue weighted by atomic mass is 32.2. The summed E-state index contributed by atoms with van der Waals surface area (Å²) in [6.07, 6.45) is 0.970. The SMILES string of the molecule is Cc1cccc(-c2nc(S(C)(=O)=O)[nH]c2C(=O)O)c1. The number of carboxylic acid groups (broad SMARTS) is 1. The molecule has 2 N–H and O–H groups in total. The zero-order valence-electron chi connectivity index (χ0n) is 10.3. The molecule has 0 saturated heterocycles. The number of sulfone groups is 1. The Kier molecular flexibility index (Phi) is 3.15. The van der Waals surface area contributed by atoms with Gasteiger partial charge in [-0.1, -0.05) is 23.8 Å². The first kappa shape index (κ1) is 13.3. The second-order valence-electron chi connectivity index (χ2n) is 4.21. The van der Waals surface area contributed by atoms with Crippen LogP contribution >= 0.6 is 0 Å². The number of hydrogen-bond acceptors (Lipinski definition) is 4. The Morgan fingerprint density at radius 2 is 2.05 bits per heavy atom. The first-order chi connectivity index (χ1) is 8.79. The Morgan fingerprint density at radius 1 is 1.37 bits per heavy atom. The fourth-order valence-electron chi connectivity index (χ4n) is 1.68. The molecule has 19 heavy (non-hydrogen) atoms. The van der Waals surface area contributed by atoms with Crippen molar-refractivity contribution in [2.75, 3.05) is 6.26 Å². The van der Waals surface area contributed by atoms with E-state index in [9.17, 15) is 13.2 Å². The summed E-state index contributed by atoms with van der Waals surface area (Å²) in [7, 11) is -3.59. The van der Waals surface area contributed by atoms with Gasteiger partial charge in [-0.3, -0.25) is 0 Å². The van der Waals surface area contributed by atoms with Gasteiger partial charge in [-0.2, -0.15) is 0 Å². The number of aryl methyl sites for hydroxylation is 1. The normalized spacial score (nSPS) is 11.5. The predicted octanol–water partition coefficient (Wildman–Crippen LogP) is 1.49. The van der Waals surface area contributed by atoms with Gasteiger partial charge < -0.3 is 10.1 Å². The summed E-state index contributed by atoms with van der Waals surface area (Å²) >= 11 is 0. The molecule has 0 unspecified atom stereocenters. The molecule has 0 amide bonds. The first-order valence-corrected chi connectivity index (χ1v) is 7.28. The number of hydrogen-bond donors (Lipinski definition) is 2. The molecule has 0 radical (unpaired) electrons. The van der Waals surface area contributed by atoms with Crippen LogP contribution in [0.15, 0.2) is 29.4 Å². The van der Waals surface area contributed by atoms with E-state index in [0.29, 0.717) is 5.56 Å². The van der Waals surface area contributed by atoms with E-state index in [-0.39, 0.29) is 16.5 Å². The maximum absolute atomic E-state index is 11.4. The van der Waals surface area contributed by atoms with Crippen molar-refractivity contribution in [2.24, 2.45) is 0 Å². The maximum Gasteiger partial charge on any atom is 0.354 e. The Morgan fingerprint density at radius 3 is 2.58 bits per heavy atom. The standard InChI is InChI=1S/C12H12N2O4S/c1-7-4-3-5-8(6-7)9-10(11(15)16)14-12(13-9)19(2,17)18/h3-6H,1-2H3,(H,13,14)(H,15,16). The van der Waals surface area contributed by atoms with Crippen molar-refractivity contribution >= 4 is 15.8 Å². The molecular weight excluding hydrogens is 268 g/mol. The van der Waals surface area contributed by atoms with Gasteiger partial charge in [-0.25, -0.2) is 18.2 Å². The molecule has 6 nitrogen and oxygen atoms in total. The third kappa shape index (κ3) is 2.65. The molecule has 0 saturated carbocycles. The monoisotopic (exact) mass is 280 g/mol. The number of imidazole rings is 1. The molecule has 2 rings (SSSR count). The molecule has 7 heteroatoms. The van der Waals surface area contributed by atoms with Crippen LogP contribution in [0.3, 0.4) is 0 Å². The second-order valence-corrected chi connectivity index (χ2v) is 6.14. The Balaban J connectivity index is 2.69. The third-order valence-electron chi connectivity index (χ3n) is 2.54. The van der Waals surface area contributed by atoms with E-state index in [2.05, 4.69) is 9.97 Å². The summed E-state index contributed by atoms with van der Waals surface area (Å²) in [5, 5.41) is 8.76. The Hall–Kier alpha value is -2.15. The number of nitrogens with zero attached hydrogens (tertiary/aromatic N) is 1. The molecular formula is C12H12N2O4S. The van der Waals surface area contributed by atoms with E-state index in [1.165, 1.54) is 0 Å². The minimum atomic E-state index is -3.59. The van der Waals surface area contributed by atoms with Gasteiger partial charge in [0.1, 0.15) is 5.69 Å². The minimum Gasteiger partial charge on any atom is -0.477 e. The van der Waals surface area contributed by atoms with Crippen molar-refractivity contribution < 1.29 is 18.3 Å². The summed E-state index contributed by atoms with van der Waals surface area (Å²) in [5.74, 6) is -1.25. The Bertz CT molecular complexity index is 747. The van der Waals surface area contributed by atoms with E-state index >= 15 is 0 Å². The van der Waals surface area contributed by atoms with E-state index in [4.69, 9.17) is 5.11 Å². The van der Waals surface area contributed by atoms with Gasteiger partial charge in [-0.05, 0) is 13.0 Å². The lowest BCUT2D eigenvalue weighted by Gasteiger charge is -2.00. The van der Waals surface area contributed by atoms with Gasteiger partial charge in [0.2, 0.25) is 15.0 Å². The molecule has 0 spiro atoms. The lowest BCUT2D eigenvalue weighted by atomic mass is 10.1. The second kappa shape index (κ2) is 4.51. The van der Waals surface area contributed by atoms with E-state index in [1.54, 1.807) is 18.2 Å². The molecule has 2 aromatic rings. The van der Waals surface area contributed by atoms with Crippen molar-refractivity contribution in [3.63, 3.8) is 0 Å². The lowest BCUT2D eigenvalue weighted by Crippen LogP contribution is -2.01. The van der Waals surface area contributed by atoms with E-state index in [0.717, 1.165) is 11.8 Å². The minimum absolute atomic E-state index is 0.122. The zero-order chi connectivity index (χ0) is 14.2. The summed E-state index contributed by atoms with van der Waals surface area (Å²) in [4.78, 5) is 17.4. The topological polar surface area (TPSA) is 100 Å². The average molecular weight is 280 g/mol. The predicted molar refractivity (Wildman–Crippen MR) is 68.8 cm³/mol. The number of aromatic nitrogens is 2. The first-order valence-electron chi connectivity index (χ1n) is 5.39. The van der Waals surface area contributed by atoms with E-state index in [1.807, 2.05) is 13.0 Å². The van der Waals surface area contributed by atoms with Crippen LogP contribution in [-0.2, 0) is 9.84 Å². The number of nitrogens with one attached hydrogen (secondary N) is 1. The molecule has 0 fully saturated rings. The Labute approximate surface area is 110 Å². The smallest absolute Gasteiger partial charge is 0.354 e. The number of carbonyl (C=O) groups is 1. The number of H-pyrrole nitrogens is 1. The molecule has 0 aliphatic rings. The lowest BCUT2D eigenvalue weighted by molar-refractivity contribution is 0.0691. The van der Waals surface area contributed by atoms with Crippen molar-refractivity contribution in [3.8, 4) is 11.3 Å². The van der Waals surface area contributed by atoms with Crippen LogP contribution in [0.5, 0.6) is 0 Å². The van der Waals surface area contributed by atoms with Crippen LogP contribution in [0, 0.1) is 6.92 Å². The summed E-state index contributed by atoms with van der Waals surface area (Å²) < 4.78 is 22.9. The van der Waals surface area contributed by atoms with E-state index < -0.39 is 15.8 Å². The van der Waals surface area contributed by atoms with Crippen LogP contribution in [0.4, 0.5) is 0 Å². The fourth-order valence-corrected chi connectivity index (χ4v) is 2.23. The van der Waals surface area contributed by atoms with Gasteiger partial charge >= 0.3 is 5.97 Å². The molecule has 0 aliphatic heterocycles. The number of benzene rings is 1. The van der Waals surface area contributed by atoms with Crippen LogP contribution in [0.2, 0.25) is 0 Å². The van der Waals surface area contributed by atoms with Gasteiger partial charge in [0.05, 0.1) is 0 Å². The molecule has 1 aromatic carbocycles. The van der Waals surface area contributed by atoms with Crippen molar-refractivity contribution in [1.82, 2.24) is 9.97 Å². The summed E-state index contributed by atoms with van der Waals surface area (Å²) in [6.45, 7) is 1.86. The molecule has 0 atom stereocenters. The highest BCUT2D eigenvalue weighted by Crippen LogP contribution is 2.24. The molecule has 0 aliphatic carbocycles. The molecule has 0 bridgehead atoms. The van der Waals surface area contributed by atoms with Crippen LogP contribution in [-0.4, -0.2) is 35.7 Å². The largest absolute Gasteiger partial charge is 0.477 e. The van der Waals surface area contributed by atoms with Crippen molar-refractivity contribution in [2.45, 2.75) is 12.1 Å². The number of aromatic carboxylic acids is 1. The fraction of sp³-hybridized carbons (Fsp3) is 0.167.